The highest BCUT2D eigenvalue weighted by molar-refractivity contribution is 7.99. The van der Waals surface area contributed by atoms with Crippen LogP contribution in [0.1, 0.15) is 45.5 Å². The molecule has 0 unspecified atom stereocenters. The fourth-order valence-corrected chi connectivity index (χ4v) is 6.86. The molecule has 1 amide bonds. The van der Waals surface area contributed by atoms with Gasteiger partial charge >= 0.3 is 0 Å². The van der Waals surface area contributed by atoms with E-state index in [9.17, 15) is 9.59 Å². The molecule has 0 spiro atoms. The first-order chi connectivity index (χ1) is 16.8. The number of amides is 1. The largest absolute Gasteiger partial charge is 0.325 e. The Morgan fingerprint density at radius 3 is 2.51 bits per heavy atom. The minimum Gasteiger partial charge on any atom is -0.325 e. The molecule has 1 aliphatic carbocycles. The third-order valence-electron chi connectivity index (χ3n) is 6.54. The lowest BCUT2D eigenvalue weighted by molar-refractivity contribution is -0.113. The van der Waals surface area contributed by atoms with E-state index in [1.165, 1.54) is 27.8 Å². The van der Waals surface area contributed by atoms with Gasteiger partial charge in [-0.1, -0.05) is 23.9 Å². The first-order valence-corrected chi connectivity index (χ1v) is 13.8. The highest BCUT2D eigenvalue weighted by Gasteiger charge is 2.23. The van der Waals surface area contributed by atoms with Gasteiger partial charge in [0, 0.05) is 10.6 Å². The van der Waals surface area contributed by atoms with Crippen molar-refractivity contribution in [3.8, 4) is 5.69 Å². The number of nitrogens with one attached hydrogen (secondary N) is 1. The highest BCUT2D eigenvalue weighted by atomic mass is 32.2. The Hall–Kier alpha value is -2.90. The van der Waals surface area contributed by atoms with E-state index in [4.69, 9.17) is 4.98 Å². The number of fused-ring (bicyclic) bond motifs is 3. The molecule has 0 atom stereocenters. The summed E-state index contributed by atoms with van der Waals surface area (Å²) in [6.45, 7) is 8.14. The van der Waals surface area contributed by atoms with Crippen LogP contribution >= 0.6 is 23.1 Å². The lowest BCUT2D eigenvalue weighted by Gasteiger charge is -2.15. The summed E-state index contributed by atoms with van der Waals surface area (Å²) in [6, 6.07) is 12.0. The van der Waals surface area contributed by atoms with Crippen LogP contribution in [0.2, 0.25) is 0 Å². The summed E-state index contributed by atoms with van der Waals surface area (Å²) in [7, 11) is 0. The number of aromatic nitrogens is 2. The molecule has 0 saturated carbocycles. The summed E-state index contributed by atoms with van der Waals surface area (Å²) in [5, 5.41) is 4.30. The molecule has 0 aliphatic heterocycles. The number of hydrogen-bond acceptors (Lipinski definition) is 5. The Balaban J connectivity index is 1.53. The molecule has 180 valence electrons. The van der Waals surface area contributed by atoms with Gasteiger partial charge < -0.3 is 5.32 Å². The lowest BCUT2D eigenvalue weighted by atomic mass is 9.97. The number of benzene rings is 2. The zero-order valence-corrected chi connectivity index (χ0v) is 22.2. The zero-order valence-electron chi connectivity index (χ0n) is 20.5. The van der Waals surface area contributed by atoms with E-state index in [0.29, 0.717) is 5.16 Å². The highest BCUT2D eigenvalue weighted by Crippen LogP contribution is 2.35. The molecule has 35 heavy (non-hydrogen) atoms. The molecule has 4 aromatic rings. The Labute approximate surface area is 213 Å². The van der Waals surface area contributed by atoms with Crippen molar-refractivity contribution in [3.05, 3.63) is 79.4 Å². The Kier molecular flexibility index (Phi) is 6.55. The topological polar surface area (TPSA) is 64.0 Å². The molecule has 1 aliphatic rings. The number of aryl methyl sites for hydroxylation is 6. The summed E-state index contributed by atoms with van der Waals surface area (Å²) < 4.78 is 1.70. The van der Waals surface area contributed by atoms with Crippen LogP contribution in [0.15, 0.2) is 46.3 Å². The number of nitrogens with zero attached hydrogens (tertiary/aromatic N) is 2. The maximum absolute atomic E-state index is 13.9. The fourth-order valence-electron chi connectivity index (χ4n) is 4.75. The third-order valence-corrected chi connectivity index (χ3v) is 8.67. The molecule has 5 nitrogen and oxygen atoms in total. The van der Waals surface area contributed by atoms with E-state index < -0.39 is 0 Å². The average molecular weight is 504 g/mol. The molecule has 0 fully saturated rings. The molecular weight excluding hydrogens is 474 g/mol. The fraction of sp³-hybridized carbons (Fsp3) is 0.321. The molecule has 0 bridgehead atoms. The van der Waals surface area contributed by atoms with E-state index >= 15 is 0 Å². The number of anilines is 1. The summed E-state index contributed by atoms with van der Waals surface area (Å²) in [5.74, 6) is 0.0485. The van der Waals surface area contributed by atoms with Gasteiger partial charge in [-0.15, -0.1) is 11.3 Å². The molecule has 5 rings (SSSR count). The number of thiophene rings is 1. The van der Waals surface area contributed by atoms with Crippen molar-refractivity contribution >= 4 is 44.9 Å². The summed E-state index contributed by atoms with van der Waals surface area (Å²) in [4.78, 5) is 33.7. The van der Waals surface area contributed by atoms with Gasteiger partial charge in [-0.2, -0.15) is 0 Å². The van der Waals surface area contributed by atoms with Crippen molar-refractivity contribution in [2.75, 3.05) is 11.1 Å². The first kappa shape index (κ1) is 23.8. The SMILES string of the molecule is Cc1cc(C)cc(NC(=O)CSc2nc3sc4c(c3c(=O)n2-c2ccc(C)c(C)c2)CCCC4)c1. The van der Waals surface area contributed by atoms with Crippen LogP contribution in [-0.4, -0.2) is 21.2 Å². The lowest BCUT2D eigenvalue weighted by Crippen LogP contribution is -2.23. The van der Waals surface area contributed by atoms with Crippen LogP contribution in [0.25, 0.3) is 15.9 Å². The van der Waals surface area contributed by atoms with Gasteiger partial charge in [-0.3, -0.25) is 14.2 Å². The van der Waals surface area contributed by atoms with Gasteiger partial charge in [0.2, 0.25) is 5.91 Å². The summed E-state index contributed by atoms with van der Waals surface area (Å²) in [6.07, 6.45) is 4.21. The number of thioether (sulfide) groups is 1. The average Bonchev–Trinajstić information content (AvgIpc) is 3.18. The van der Waals surface area contributed by atoms with Crippen LogP contribution in [0.4, 0.5) is 5.69 Å². The van der Waals surface area contributed by atoms with Crippen LogP contribution in [0.5, 0.6) is 0 Å². The molecule has 2 aromatic heterocycles. The first-order valence-electron chi connectivity index (χ1n) is 12.0. The smallest absolute Gasteiger partial charge is 0.267 e. The van der Waals surface area contributed by atoms with Gasteiger partial charge in [-0.05, 0) is 105 Å². The summed E-state index contributed by atoms with van der Waals surface area (Å²) in [5.41, 5.74) is 7.21. The standard InChI is InChI=1S/C28H29N3O2S2/c1-16-11-17(2)13-20(12-16)29-24(32)15-34-28-30-26-25(22-7-5-6-8-23(22)35-26)27(33)31(28)21-10-9-18(3)19(4)14-21/h9-14H,5-8,15H2,1-4H3,(H,29,32). The Bertz CT molecular complexity index is 1500. The third kappa shape index (κ3) is 4.80. The second-order valence-corrected chi connectivity index (χ2v) is 11.4. The molecule has 7 heteroatoms. The van der Waals surface area contributed by atoms with Crippen molar-refractivity contribution < 1.29 is 4.79 Å². The van der Waals surface area contributed by atoms with Crippen molar-refractivity contribution in [2.45, 2.75) is 58.5 Å². The Morgan fingerprint density at radius 2 is 1.77 bits per heavy atom. The monoisotopic (exact) mass is 503 g/mol. The maximum Gasteiger partial charge on any atom is 0.267 e. The Morgan fingerprint density at radius 1 is 1.03 bits per heavy atom. The quantitative estimate of drug-likeness (QED) is 0.257. The van der Waals surface area contributed by atoms with E-state index in [2.05, 4.69) is 18.3 Å². The second-order valence-electron chi connectivity index (χ2n) is 9.41. The van der Waals surface area contributed by atoms with E-state index in [1.807, 2.05) is 51.1 Å². The van der Waals surface area contributed by atoms with Crippen molar-refractivity contribution in [1.29, 1.82) is 0 Å². The number of carbonyl (C=O) groups excluding carboxylic acids is 1. The van der Waals surface area contributed by atoms with Gasteiger partial charge in [-0.25, -0.2) is 4.98 Å². The van der Waals surface area contributed by atoms with E-state index in [1.54, 1.807) is 15.9 Å². The van der Waals surface area contributed by atoms with Crippen molar-refractivity contribution in [1.82, 2.24) is 9.55 Å². The summed E-state index contributed by atoms with van der Waals surface area (Å²) >= 11 is 2.95. The van der Waals surface area contributed by atoms with Gasteiger partial charge in [0.15, 0.2) is 5.16 Å². The molecule has 0 radical (unpaired) electrons. The van der Waals surface area contributed by atoms with Gasteiger partial charge in [0.25, 0.3) is 5.56 Å². The van der Waals surface area contributed by atoms with Crippen molar-refractivity contribution in [2.24, 2.45) is 0 Å². The van der Waals surface area contributed by atoms with Gasteiger partial charge in [0.1, 0.15) is 4.83 Å². The van der Waals surface area contributed by atoms with Gasteiger partial charge in [0.05, 0.1) is 16.8 Å². The molecule has 2 aromatic carbocycles. The van der Waals surface area contributed by atoms with E-state index in [0.717, 1.165) is 64.0 Å². The second kappa shape index (κ2) is 9.63. The van der Waals surface area contributed by atoms with Crippen LogP contribution in [-0.2, 0) is 17.6 Å². The number of carbonyl (C=O) groups is 1. The predicted octanol–water partition coefficient (Wildman–Crippen LogP) is 6.29. The number of rotatable bonds is 5. The van der Waals surface area contributed by atoms with Crippen LogP contribution < -0.4 is 10.9 Å². The maximum atomic E-state index is 13.9. The minimum absolute atomic E-state index is 0.0325. The normalized spacial score (nSPS) is 13.1. The predicted molar refractivity (Wildman–Crippen MR) is 147 cm³/mol. The molecular formula is C28H29N3O2S2. The number of hydrogen-bond donors (Lipinski definition) is 1. The van der Waals surface area contributed by atoms with E-state index in [-0.39, 0.29) is 17.2 Å². The zero-order chi connectivity index (χ0) is 24.7. The minimum atomic E-state index is -0.119. The van der Waals surface area contributed by atoms with Crippen LogP contribution in [0.3, 0.4) is 0 Å². The van der Waals surface area contributed by atoms with Crippen molar-refractivity contribution in [3.63, 3.8) is 0 Å². The van der Waals surface area contributed by atoms with Crippen LogP contribution in [0, 0.1) is 27.7 Å². The molecule has 2 heterocycles. The molecule has 0 saturated heterocycles. The molecule has 1 N–H and O–H groups in total.